The van der Waals surface area contributed by atoms with Gasteiger partial charge in [0.15, 0.2) is 5.89 Å². The van der Waals surface area contributed by atoms with Crippen molar-refractivity contribution in [1.29, 1.82) is 0 Å². The monoisotopic (exact) mass is 306 g/mol. The van der Waals surface area contributed by atoms with E-state index in [2.05, 4.69) is 9.71 Å². The molecule has 0 saturated carbocycles. The van der Waals surface area contributed by atoms with Crippen LogP contribution in [-0.4, -0.2) is 13.4 Å². The number of nitrogens with one attached hydrogen (secondary N) is 1. The summed E-state index contributed by atoms with van der Waals surface area (Å²) in [5.74, 6) is 1.09. The molecule has 1 N–H and O–H groups in total. The van der Waals surface area contributed by atoms with Gasteiger partial charge < -0.3 is 4.42 Å². The zero-order valence-electron chi connectivity index (χ0n) is 12.1. The maximum Gasteiger partial charge on any atom is 0.240 e. The van der Waals surface area contributed by atoms with Gasteiger partial charge in [0.2, 0.25) is 10.0 Å². The molecule has 0 bridgehead atoms. The molecule has 21 heavy (non-hydrogen) atoms. The predicted molar refractivity (Wildman–Crippen MR) is 78.5 cm³/mol. The second-order valence-corrected chi connectivity index (χ2v) is 7.12. The lowest BCUT2D eigenvalue weighted by molar-refractivity contribution is 0.466. The first-order chi connectivity index (χ1) is 9.95. The van der Waals surface area contributed by atoms with Crippen molar-refractivity contribution in [2.45, 2.75) is 44.6 Å². The third-order valence-electron chi connectivity index (χ3n) is 3.80. The smallest absolute Gasteiger partial charge is 0.240 e. The van der Waals surface area contributed by atoms with Crippen molar-refractivity contribution in [3.63, 3.8) is 0 Å². The van der Waals surface area contributed by atoms with Gasteiger partial charge in [-0.1, -0.05) is 6.07 Å². The molecule has 2 aromatic rings. The minimum atomic E-state index is -3.53. The molecule has 0 spiro atoms. The molecule has 5 nitrogen and oxygen atoms in total. The van der Waals surface area contributed by atoms with Gasteiger partial charge in [-0.15, -0.1) is 0 Å². The first kappa shape index (κ1) is 14.3. The SMILES string of the molecule is Cc1nc(C)c(CNS(=O)(=O)c2ccc3c(c2)CCC3)o1. The van der Waals surface area contributed by atoms with Crippen molar-refractivity contribution in [1.82, 2.24) is 9.71 Å². The molecule has 0 unspecified atom stereocenters. The summed E-state index contributed by atoms with van der Waals surface area (Å²) in [5.41, 5.74) is 3.12. The van der Waals surface area contributed by atoms with Crippen LogP contribution < -0.4 is 4.72 Å². The van der Waals surface area contributed by atoms with E-state index in [0.29, 0.717) is 22.2 Å². The summed E-state index contributed by atoms with van der Waals surface area (Å²) in [6, 6.07) is 5.37. The minimum Gasteiger partial charge on any atom is -0.444 e. The Balaban J connectivity index is 1.79. The summed E-state index contributed by atoms with van der Waals surface area (Å²) in [5, 5.41) is 0. The predicted octanol–water partition coefficient (Wildman–Crippen LogP) is 2.26. The number of rotatable bonds is 4. The van der Waals surface area contributed by atoms with Crippen LogP contribution in [0.1, 0.15) is 34.9 Å². The average molecular weight is 306 g/mol. The molecular weight excluding hydrogens is 288 g/mol. The topological polar surface area (TPSA) is 72.2 Å². The van der Waals surface area contributed by atoms with E-state index in [9.17, 15) is 8.42 Å². The second-order valence-electron chi connectivity index (χ2n) is 5.35. The van der Waals surface area contributed by atoms with Crippen LogP contribution in [0.15, 0.2) is 27.5 Å². The number of hydrogen-bond donors (Lipinski definition) is 1. The van der Waals surface area contributed by atoms with Crippen molar-refractivity contribution in [2.75, 3.05) is 0 Å². The van der Waals surface area contributed by atoms with Crippen molar-refractivity contribution < 1.29 is 12.8 Å². The molecule has 1 aliphatic rings. The molecule has 1 heterocycles. The number of aryl methyl sites for hydroxylation is 4. The highest BCUT2D eigenvalue weighted by Crippen LogP contribution is 2.24. The Kier molecular flexibility index (Phi) is 3.59. The van der Waals surface area contributed by atoms with Gasteiger partial charge in [0.25, 0.3) is 0 Å². The summed E-state index contributed by atoms with van der Waals surface area (Å²) in [6.07, 6.45) is 3.10. The molecule has 1 aromatic heterocycles. The molecular formula is C15H18N2O3S. The lowest BCUT2D eigenvalue weighted by atomic mass is 10.1. The van der Waals surface area contributed by atoms with E-state index in [1.165, 1.54) is 5.56 Å². The van der Waals surface area contributed by atoms with Crippen LogP contribution in [0.25, 0.3) is 0 Å². The number of oxazole rings is 1. The van der Waals surface area contributed by atoms with Gasteiger partial charge in [-0.05, 0) is 49.4 Å². The molecule has 0 radical (unpaired) electrons. The highest BCUT2D eigenvalue weighted by Gasteiger charge is 2.19. The molecule has 0 fully saturated rings. The molecule has 0 amide bonds. The third kappa shape index (κ3) is 2.87. The lowest BCUT2D eigenvalue weighted by Gasteiger charge is -2.07. The summed E-state index contributed by atoms with van der Waals surface area (Å²) < 4.78 is 32.7. The van der Waals surface area contributed by atoms with E-state index in [0.717, 1.165) is 24.8 Å². The van der Waals surface area contributed by atoms with Crippen molar-refractivity contribution >= 4 is 10.0 Å². The van der Waals surface area contributed by atoms with Crippen LogP contribution in [0.4, 0.5) is 0 Å². The Hall–Kier alpha value is -1.66. The van der Waals surface area contributed by atoms with Crippen LogP contribution in [0.3, 0.4) is 0 Å². The Labute approximate surface area is 124 Å². The standard InChI is InChI=1S/C15H18N2O3S/c1-10-15(20-11(2)17-10)9-16-21(18,19)14-7-6-12-4-3-5-13(12)8-14/h6-8,16H,3-5,9H2,1-2H3. The van der Waals surface area contributed by atoms with Crippen LogP contribution >= 0.6 is 0 Å². The van der Waals surface area contributed by atoms with Gasteiger partial charge in [-0.25, -0.2) is 18.1 Å². The highest BCUT2D eigenvalue weighted by molar-refractivity contribution is 7.89. The first-order valence-corrected chi connectivity index (χ1v) is 8.48. The van der Waals surface area contributed by atoms with Crippen molar-refractivity contribution in [2.24, 2.45) is 0 Å². The molecule has 6 heteroatoms. The largest absolute Gasteiger partial charge is 0.444 e. The van der Waals surface area contributed by atoms with Gasteiger partial charge in [0.1, 0.15) is 5.76 Å². The van der Waals surface area contributed by atoms with Gasteiger partial charge in [-0.2, -0.15) is 0 Å². The van der Waals surface area contributed by atoms with Gasteiger partial charge in [0.05, 0.1) is 17.1 Å². The number of sulfonamides is 1. The van der Waals surface area contributed by atoms with E-state index >= 15 is 0 Å². The number of aromatic nitrogens is 1. The van der Waals surface area contributed by atoms with E-state index in [1.807, 2.05) is 6.07 Å². The van der Waals surface area contributed by atoms with Crippen LogP contribution in [0.2, 0.25) is 0 Å². The maximum atomic E-state index is 12.4. The minimum absolute atomic E-state index is 0.117. The Bertz CT molecular complexity index is 778. The van der Waals surface area contributed by atoms with Gasteiger partial charge in [-0.3, -0.25) is 0 Å². The third-order valence-corrected chi connectivity index (χ3v) is 5.20. The van der Waals surface area contributed by atoms with E-state index in [4.69, 9.17) is 4.42 Å². The molecule has 1 aliphatic carbocycles. The number of nitrogens with zero attached hydrogens (tertiary/aromatic N) is 1. The molecule has 0 saturated heterocycles. The van der Waals surface area contributed by atoms with E-state index < -0.39 is 10.0 Å². The Morgan fingerprint density at radius 3 is 2.71 bits per heavy atom. The van der Waals surface area contributed by atoms with Crippen molar-refractivity contribution in [3.8, 4) is 0 Å². The molecule has 0 atom stereocenters. The van der Waals surface area contributed by atoms with Crippen LogP contribution in [0, 0.1) is 13.8 Å². The maximum absolute atomic E-state index is 12.4. The average Bonchev–Trinajstić information content (AvgIpc) is 3.01. The summed E-state index contributed by atoms with van der Waals surface area (Å²) in [7, 11) is -3.53. The van der Waals surface area contributed by atoms with E-state index in [-0.39, 0.29) is 6.54 Å². The van der Waals surface area contributed by atoms with Gasteiger partial charge in [0, 0.05) is 6.92 Å². The highest BCUT2D eigenvalue weighted by atomic mass is 32.2. The molecule has 112 valence electrons. The summed E-state index contributed by atoms with van der Waals surface area (Å²) >= 11 is 0. The fourth-order valence-electron chi connectivity index (χ4n) is 2.70. The lowest BCUT2D eigenvalue weighted by Crippen LogP contribution is -2.23. The number of benzene rings is 1. The molecule has 3 rings (SSSR count). The first-order valence-electron chi connectivity index (χ1n) is 7.00. The summed E-state index contributed by atoms with van der Waals surface area (Å²) in [4.78, 5) is 4.45. The van der Waals surface area contributed by atoms with Crippen LogP contribution in [-0.2, 0) is 29.4 Å². The quantitative estimate of drug-likeness (QED) is 0.940. The molecule has 0 aliphatic heterocycles. The zero-order valence-corrected chi connectivity index (χ0v) is 13.0. The van der Waals surface area contributed by atoms with Crippen molar-refractivity contribution in [3.05, 3.63) is 46.7 Å². The second kappa shape index (κ2) is 5.27. The van der Waals surface area contributed by atoms with Gasteiger partial charge >= 0.3 is 0 Å². The summed E-state index contributed by atoms with van der Waals surface area (Å²) in [6.45, 7) is 3.66. The normalized spacial score (nSPS) is 14.4. The fraction of sp³-hybridized carbons (Fsp3) is 0.400. The number of fused-ring (bicyclic) bond motifs is 1. The molecule has 1 aromatic carbocycles. The van der Waals surface area contributed by atoms with Crippen LogP contribution in [0.5, 0.6) is 0 Å². The zero-order chi connectivity index (χ0) is 15.0. The fourth-order valence-corrected chi connectivity index (χ4v) is 3.73. The Morgan fingerprint density at radius 1 is 1.24 bits per heavy atom. The van der Waals surface area contributed by atoms with E-state index in [1.54, 1.807) is 26.0 Å². The number of hydrogen-bond acceptors (Lipinski definition) is 4. The Morgan fingerprint density at radius 2 is 2.00 bits per heavy atom.